The third-order valence-corrected chi connectivity index (χ3v) is 2.17. The van der Waals surface area contributed by atoms with Crippen molar-refractivity contribution >= 4 is 0 Å². The van der Waals surface area contributed by atoms with E-state index in [1.54, 1.807) is 0 Å². The molecule has 0 saturated carbocycles. The Hall–Kier alpha value is -0.980. The summed E-state index contributed by atoms with van der Waals surface area (Å²) in [4.78, 5) is 0. The zero-order chi connectivity index (χ0) is 9.84. The second-order valence-corrected chi connectivity index (χ2v) is 3.61. The van der Waals surface area contributed by atoms with Gasteiger partial charge < -0.3 is 4.74 Å². The van der Waals surface area contributed by atoms with Crippen molar-refractivity contribution in [3.05, 3.63) is 29.3 Å². The zero-order valence-corrected chi connectivity index (χ0v) is 8.92. The number of hydrogen-bond donors (Lipinski definition) is 0. The number of hydrogen-bond acceptors (Lipinski definition) is 1. The van der Waals surface area contributed by atoms with Crippen molar-refractivity contribution < 1.29 is 4.74 Å². The Bertz CT molecular complexity index is 276. The molecule has 0 aliphatic carbocycles. The first kappa shape index (κ1) is 10.1. The van der Waals surface area contributed by atoms with Gasteiger partial charge in [0, 0.05) is 0 Å². The molecule has 0 aliphatic rings. The summed E-state index contributed by atoms with van der Waals surface area (Å²) in [5, 5.41) is 0. The van der Waals surface area contributed by atoms with Crippen molar-refractivity contribution in [2.45, 2.75) is 33.6 Å². The summed E-state index contributed by atoms with van der Waals surface area (Å²) in [6.45, 7) is 9.25. The molecule has 0 heterocycles. The molecule has 0 fully saturated rings. The summed E-state index contributed by atoms with van der Waals surface area (Å²) < 4.78 is 5.47. The normalized spacial score (nSPS) is 10.5. The van der Waals surface area contributed by atoms with Gasteiger partial charge in [0.2, 0.25) is 0 Å². The lowest BCUT2D eigenvalue weighted by molar-refractivity contribution is 0.338. The van der Waals surface area contributed by atoms with Gasteiger partial charge in [-0.2, -0.15) is 0 Å². The Kier molecular flexibility index (Phi) is 3.35. The van der Waals surface area contributed by atoms with E-state index in [1.165, 1.54) is 11.1 Å². The molecule has 0 amide bonds. The fraction of sp³-hybridized carbons (Fsp3) is 0.500. The van der Waals surface area contributed by atoms with Gasteiger partial charge in [0.25, 0.3) is 0 Å². The van der Waals surface area contributed by atoms with Gasteiger partial charge in [-0.05, 0) is 37.0 Å². The van der Waals surface area contributed by atoms with Gasteiger partial charge in [-0.3, -0.25) is 0 Å². The maximum atomic E-state index is 5.47. The summed E-state index contributed by atoms with van der Waals surface area (Å²) >= 11 is 0. The molecule has 1 heteroatoms. The number of benzene rings is 1. The van der Waals surface area contributed by atoms with E-state index < -0.39 is 0 Å². The van der Waals surface area contributed by atoms with Crippen LogP contribution < -0.4 is 4.74 Å². The standard InChI is InChI=1S/C12H18O/c1-5-13-12-7-6-11(9(2)3)8-10(12)4/h6-9H,5H2,1-4H3. The minimum atomic E-state index is 0.592. The van der Waals surface area contributed by atoms with Crippen LogP contribution in [0.4, 0.5) is 0 Å². The Balaban J connectivity index is 2.92. The Morgan fingerprint density at radius 3 is 2.46 bits per heavy atom. The quantitative estimate of drug-likeness (QED) is 0.688. The molecule has 72 valence electrons. The molecule has 0 saturated heterocycles. The van der Waals surface area contributed by atoms with Gasteiger partial charge in [0.15, 0.2) is 0 Å². The van der Waals surface area contributed by atoms with E-state index in [0.29, 0.717) is 5.92 Å². The molecule has 0 bridgehead atoms. The molecule has 13 heavy (non-hydrogen) atoms. The van der Waals surface area contributed by atoms with Crippen molar-refractivity contribution in [1.29, 1.82) is 0 Å². The Morgan fingerprint density at radius 1 is 1.31 bits per heavy atom. The van der Waals surface area contributed by atoms with E-state index in [9.17, 15) is 0 Å². The molecule has 0 unspecified atom stereocenters. The van der Waals surface area contributed by atoms with E-state index in [1.807, 2.05) is 6.92 Å². The van der Waals surface area contributed by atoms with Gasteiger partial charge in [0.05, 0.1) is 6.61 Å². The fourth-order valence-electron chi connectivity index (χ4n) is 1.35. The fourth-order valence-corrected chi connectivity index (χ4v) is 1.35. The molecule has 0 spiro atoms. The average molecular weight is 178 g/mol. The van der Waals surface area contributed by atoms with Gasteiger partial charge in [-0.25, -0.2) is 0 Å². The lowest BCUT2D eigenvalue weighted by Gasteiger charge is -2.10. The first-order chi connectivity index (χ1) is 6.15. The highest BCUT2D eigenvalue weighted by Crippen LogP contribution is 2.23. The van der Waals surface area contributed by atoms with Crippen LogP contribution in [0.5, 0.6) is 5.75 Å². The van der Waals surface area contributed by atoms with Gasteiger partial charge in [-0.1, -0.05) is 26.0 Å². The van der Waals surface area contributed by atoms with Gasteiger partial charge in [-0.15, -0.1) is 0 Å². The molecular formula is C12H18O. The topological polar surface area (TPSA) is 9.23 Å². The Morgan fingerprint density at radius 2 is 2.00 bits per heavy atom. The summed E-state index contributed by atoms with van der Waals surface area (Å²) in [6.07, 6.45) is 0. The van der Waals surface area contributed by atoms with Crippen LogP contribution in [0.15, 0.2) is 18.2 Å². The van der Waals surface area contributed by atoms with Crippen LogP contribution in [-0.2, 0) is 0 Å². The smallest absolute Gasteiger partial charge is 0.122 e. The maximum Gasteiger partial charge on any atom is 0.122 e. The molecule has 1 rings (SSSR count). The molecule has 1 aromatic carbocycles. The average Bonchev–Trinajstić information content (AvgIpc) is 2.08. The van der Waals surface area contributed by atoms with Crippen LogP contribution in [0, 0.1) is 6.92 Å². The van der Waals surface area contributed by atoms with Crippen molar-refractivity contribution in [2.24, 2.45) is 0 Å². The number of aryl methyl sites for hydroxylation is 1. The highest BCUT2D eigenvalue weighted by molar-refractivity contribution is 5.37. The molecular weight excluding hydrogens is 160 g/mol. The largest absolute Gasteiger partial charge is 0.494 e. The number of ether oxygens (including phenoxy) is 1. The number of rotatable bonds is 3. The molecule has 0 aromatic heterocycles. The monoisotopic (exact) mass is 178 g/mol. The van der Waals surface area contributed by atoms with Crippen LogP contribution in [0.3, 0.4) is 0 Å². The summed E-state index contributed by atoms with van der Waals surface area (Å²) in [7, 11) is 0. The van der Waals surface area contributed by atoms with Crippen molar-refractivity contribution in [1.82, 2.24) is 0 Å². The van der Waals surface area contributed by atoms with Crippen molar-refractivity contribution in [2.75, 3.05) is 6.61 Å². The highest BCUT2D eigenvalue weighted by Gasteiger charge is 2.02. The van der Waals surface area contributed by atoms with E-state index in [4.69, 9.17) is 4.74 Å². The van der Waals surface area contributed by atoms with Gasteiger partial charge in [0.1, 0.15) is 5.75 Å². The molecule has 1 aromatic rings. The molecule has 0 aliphatic heterocycles. The third kappa shape index (κ3) is 2.48. The van der Waals surface area contributed by atoms with Crippen LogP contribution >= 0.6 is 0 Å². The van der Waals surface area contributed by atoms with E-state index >= 15 is 0 Å². The SMILES string of the molecule is CCOc1ccc(C(C)C)cc1C. The van der Waals surface area contributed by atoms with Crippen molar-refractivity contribution in [3.8, 4) is 5.75 Å². The second-order valence-electron chi connectivity index (χ2n) is 3.61. The molecule has 1 nitrogen and oxygen atoms in total. The van der Waals surface area contributed by atoms with Crippen LogP contribution in [-0.4, -0.2) is 6.61 Å². The highest BCUT2D eigenvalue weighted by atomic mass is 16.5. The van der Waals surface area contributed by atoms with Crippen LogP contribution in [0.1, 0.15) is 37.8 Å². The van der Waals surface area contributed by atoms with Crippen molar-refractivity contribution in [3.63, 3.8) is 0 Å². The van der Waals surface area contributed by atoms with Crippen LogP contribution in [0.2, 0.25) is 0 Å². The third-order valence-electron chi connectivity index (χ3n) is 2.17. The second kappa shape index (κ2) is 4.31. The molecule has 0 radical (unpaired) electrons. The summed E-state index contributed by atoms with van der Waals surface area (Å²) in [5.74, 6) is 1.60. The first-order valence-corrected chi connectivity index (χ1v) is 4.88. The Labute approximate surface area is 80.7 Å². The lowest BCUT2D eigenvalue weighted by atomic mass is 10.0. The maximum absolute atomic E-state index is 5.47. The predicted octanol–water partition coefficient (Wildman–Crippen LogP) is 3.52. The minimum Gasteiger partial charge on any atom is -0.494 e. The summed E-state index contributed by atoms with van der Waals surface area (Å²) in [6, 6.07) is 6.41. The predicted molar refractivity (Wildman–Crippen MR) is 56.4 cm³/mol. The lowest BCUT2D eigenvalue weighted by Crippen LogP contribution is -1.95. The molecule has 0 atom stereocenters. The molecule has 0 N–H and O–H groups in total. The summed E-state index contributed by atoms with van der Waals surface area (Å²) in [5.41, 5.74) is 2.61. The zero-order valence-electron chi connectivity index (χ0n) is 8.92. The van der Waals surface area contributed by atoms with E-state index in [-0.39, 0.29) is 0 Å². The van der Waals surface area contributed by atoms with E-state index in [0.717, 1.165) is 12.4 Å². The first-order valence-electron chi connectivity index (χ1n) is 4.88. The van der Waals surface area contributed by atoms with E-state index in [2.05, 4.69) is 39.0 Å². The van der Waals surface area contributed by atoms with Gasteiger partial charge >= 0.3 is 0 Å². The minimum absolute atomic E-state index is 0.592. The van der Waals surface area contributed by atoms with Crippen LogP contribution in [0.25, 0.3) is 0 Å².